The summed E-state index contributed by atoms with van der Waals surface area (Å²) >= 11 is 0. The molecule has 0 saturated heterocycles. The van der Waals surface area contributed by atoms with Gasteiger partial charge in [0.1, 0.15) is 0 Å². The molecule has 1 aromatic rings. The van der Waals surface area contributed by atoms with Crippen LogP contribution in [0, 0.1) is 0 Å². The molecule has 1 aromatic carbocycles. The number of unbranched alkanes of at least 4 members (excludes halogenated alkanes) is 1. The summed E-state index contributed by atoms with van der Waals surface area (Å²) in [6.45, 7) is 5.23. The number of para-hydroxylation sites is 1. The number of anilines is 1. The fourth-order valence-corrected chi connectivity index (χ4v) is 1.75. The molecular formula is C14H24N2. The fourth-order valence-electron chi connectivity index (χ4n) is 1.75. The van der Waals surface area contributed by atoms with Gasteiger partial charge in [-0.05, 0) is 25.0 Å². The average molecular weight is 220 g/mol. The average Bonchev–Trinajstić information content (AvgIpc) is 2.35. The van der Waals surface area contributed by atoms with Crippen LogP contribution < -0.4 is 11.1 Å². The zero-order chi connectivity index (χ0) is 11.9. The Morgan fingerprint density at radius 2 is 1.88 bits per heavy atom. The summed E-state index contributed by atoms with van der Waals surface area (Å²) in [6.07, 6.45) is 4.54. The van der Waals surface area contributed by atoms with Crippen molar-refractivity contribution in [3.05, 3.63) is 30.3 Å². The van der Waals surface area contributed by atoms with E-state index in [4.69, 9.17) is 5.73 Å². The van der Waals surface area contributed by atoms with E-state index in [9.17, 15) is 0 Å². The van der Waals surface area contributed by atoms with Crippen LogP contribution in [-0.2, 0) is 0 Å². The highest BCUT2D eigenvalue weighted by atomic mass is 14.9. The molecule has 2 heteroatoms. The summed E-state index contributed by atoms with van der Waals surface area (Å²) in [7, 11) is 0. The Kier molecular flexibility index (Phi) is 5.33. The Hall–Kier alpha value is -1.02. The quantitative estimate of drug-likeness (QED) is 0.739. The molecule has 0 aromatic heterocycles. The van der Waals surface area contributed by atoms with Gasteiger partial charge < -0.3 is 11.1 Å². The Balaban J connectivity index is 2.44. The Morgan fingerprint density at radius 1 is 1.19 bits per heavy atom. The number of nitrogens with two attached hydrogens (primary N) is 1. The molecule has 0 aliphatic rings. The van der Waals surface area contributed by atoms with Crippen molar-refractivity contribution in [2.75, 3.05) is 11.9 Å². The zero-order valence-corrected chi connectivity index (χ0v) is 10.5. The van der Waals surface area contributed by atoms with Crippen LogP contribution in [0.1, 0.15) is 39.5 Å². The summed E-state index contributed by atoms with van der Waals surface area (Å²) < 4.78 is 0. The van der Waals surface area contributed by atoms with Gasteiger partial charge in [-0.25, -0.2) is 0 Å². The minimum atomic E-state index is -0.0636. The SMILES string of the molecule is CCCCC(N)(CC)CNc1ccccc1. The van der Waals surface area contributed by atoms with Crippen molar-refractivity contribution in [2.24, 2.45) is 5.73 Å². The molecule has 0 saturated carbocycles. The normalized spacial score (nSPS) is 14.4. The molecule has 2 nitrogen and oxygen atoms in total. The van der Waals surface area contributed by atoms with Crippen molar-refractivity contribution in [3.8, 4) is 0 Å². The van der Waals surface area contributed by atoms with Gasteiger partial charge in [0.05, 0.1) is 0 Å². The van der Waals surface area contributed by atoms with E-state index in [1.54, 1.807) is 0 Å². The van der Waals surface area contributed by atoms with Crippen molar-refractivity contribution in [3.63, 3.8) is 0 Å². The second-order valence-electron chi connectivity index (χ2n) is 4.54. The van der Waals surface area contributed by atoms with Gasteiger partial charge in [-0.1, -0.05) is 44.9 Å². The molecule has 0 bridgehead atoms. The molecule has 0 radical (unpaired) electrons. The highest BCUT2D eigenvalue weighted by Crippen LogP contribution is 2.17. The van der Waals surface area contributed by atoms with Gasteiger partial charge in [0.25, 0.3) is 0 Å². The monoisotopic (exact) mass is 220 g/mol. The number of nitrogens with one attached hydrogen (secondary N) is 1. The molecule has 0 heterocycles. The molecule has 1 unspecified atom stereocenters. The highest BCUT2D eigenvalue weighted by Gasteiger charge is 2.21. The van der Waals surface area contributed by atoms with Gasteiger partial charge >= 0.3 is 0 Å². The van der Waals surface area contributed by atoms with Gasteiger partial charge in [-0.3, -0.25) is 0 Å². The van der Waals surface area contributed by atoms with Crippen LogP contribution in [0.2, 0.25) is 0 Å². The van der Waals surface area contributed by atoms with Gasteiger partial charge in [-0.2, -0.15) is 0 Å². The number of hydrogen-bond donors (Lipinski definition) is 2. The topological polar surface area (TPSA) is 38.0 Å². The van der Waals surface area contributed by atoms with E-state index < -0.39 is 0 Å². The van der Waals surface area contributed by atoms with E-state index in [2.05, 4.69) is 31.3 Å². The van der Waals surface area contributed by atoms with E-state index in [0.29, 0.717) is 0 Å². The van der Waals surface area contributed by atoms with Crippen LogP contribution >= 0.6 is 0 Å². The number of rotatable bonds is 7. The lowest BCUT2D eigenvalue weighted by Crippen LogP contribution is -2.45. The van der Waals surface area contributed by atoms with Gasteiger partial charge in [-0.15, -0.1) is 0 Å². The molecule has 16 heavy (non-hydrogen) atoms. The van der Waals surface area contributed by atoms with Crippen molar-refractivity contribution in [1.29, 1.82) is 0 Å². The third-order valence-corrected chi connectivity index (χ3v) is 3.15. The molecule has 3 N–H and O–H groups in total. The van der Waals surface area contributed by atoms with Crippen LogP contribution in [0.15, 0.2) is 30.3 Å². The lowest BCUT2D eigenvalue weighted by molar-refractivity contribution is 0.387. The summed E-state index contributed by atoms with van der Waals surface area (Å²) in [5, 5.41) is 3.42. The first-order chi connectivity index (χ1) is 7.70. The minimum absolute atomic E-state index is 0.0636. The van der Waals surface area contributed by atoms with Crippen LogP contribution in [-0.4, -0.2) is 12.1 Å². The van der Waals surface area contributed by atoms with Crippen LogP contribution in [0.4, 0.5) is 5.69 Å². The third kappa shape index (κ3) is 4.23. The maximum absolute atomic E-state index is 6.37. The molecular weight excluding hydrogens is 196 g/mol. The largest absolute Gasteiger partial charge is 0.383 e. The van der Waals surface area contributed by atoms with Crippen LogP contribution in [0.3, 0.4) is 0 Å². The predicted molar refractivity (Wildman–Crippen MR) is 71.7 cm³/mol. The molecule has 90 valence electrons. The van der Waals surface area contributed by atoms with Gasteiger partial charge in [0.15, 0.2) is 0 Å². The summed E-state index contributed by atoms with van der Waals surface area (Å²) in [6, 6.07) is 10.3. The van der Waals surface area contributed by atoms with E-state index >= 15 is 0 Å². The Morgan fingerprint density at radius 3 is 2.44 bits per heavy atom. The highest BCUT2D eigenvalue weighted by molar-refractivity contribution is 5.42. The Bertz CT molecular complexity index is 284. The maximum atomic E-state index is 6.37. The molecule has 1 atom stereocenters. The lowest BCUT2D eigenvalue weighted by atomic mass is 9.91. The van der Waals surface area contributed by atoms with E-state index in [1.165, 1.54) is 12.8 Å². The predicted octanol–water partition coefficient (Wildman–Crippen LogP) is 3.40. The van der Waals surface area contributed by atoms with E-state index in [-0.39, 0.29) is 5.54 Å². The number of benzene rings is 1. The fraction of sp³-hybridized carbons (Fsp3) is 0.571. The van der Waals surface area contributed by atoms with Crippen molar-refractivity contribution < 1.29 is 0 Å². The summed E-state index contributed by atoms with van der Waals surface area (Å²) in [4.78, 5) is 0. The van der Waals surface area contributed by atoms with Gasteiger partial charge in [0, 0.05) is 17.8 Å². The van der Waals surface area contributed by atoms with Crippen molar-refractivity contribution in [2.45, 2.75) is 45.1 Å². The van der Waals surface area contributed by atoms with Gasteiger partial charge in [0.2, 0.25) is 0 Å². The van der Waals surface area contributed by atoms with Crippen molar-refractivity contribution >= 4 is 5.69 Å². The maximum Gasteiger partial charge on any atom is 0.0340 e. The minimum Gasteiger partial charge on any atom is -0.383 e. The smallest absolute Gasteiger partial charge is 0.0340 e. The lowest BCUT2D eigenvalue weighted by Gasteiger charge is -2.29. The molecule has 0 fully saturated rings. The molecule has 1 rings (SSSR count). The standard InChI is InChI=1S/C14H24N2/c1-3-5-11-14(15,4-2)12-16-13-9-7-6-8-10-13/h6-10,16H,3-5,11-12,15H2,1-2H3. The van der Waals surface area contributed by atoms with E-state index in [0.717, 1.165) is 25.1 Å². The number of hydrogen-bond acceptors (Lipinski definition) is 2. The Labute approximate surface area is 99.2 Å². The zero-order valence-electron chi connectivity index (χ0n) is 10.5. The van der Waals surface area contributed by atoms with Crippen LogP contribution in [0.5, 0.6) is 0 Å². The second-order valence-corrected chi connectivity index (χ2v) is 4.54. The van der Waals surface area contributed by atoms with Crippen molar-refractivity contribution in [1.82, 2.24) is 0 Å². The summed E-state index contributed by atoms with van der Waals surface area (Å²) in [5.74, 6) is 0. The first-order valence-electron chi connectivity index (χ1n) is 6.28. The van der Waals surface area contributed by atoms with Crippen LogP contribution in [0.25, 0.3) is 0 Å². The summed E-state index contributed by atoms with van der Waals surface area (Å²) in [5.41, 5.74) is 7.46. The third-order valence-electron chi connectivity index (χ3n) is 3.15. The second kappa shape index (κ2) is 6.54. The molecule has 0 aliphatic heterocycles. The first-order valence-corrected chi connectivity index (χ1v) is 6.28. The molecule has 0 aliphatic carbocycles. The first kappa shape index (κ1) is 13.0. The van der Waals surface area contributed by atoms with E-state index in [1.807, 2.05) is 18.2 Å². The molecule has 0 amide bonds. The molecule has 0 spiro atoms.